The van der Waals surface area contributed by atoms with Crippen LogP contribution in [0.5, 0.6) is 0 Å². The first-order chi connectivity index (χ1) is 17.3. The fraction of sp³-hybridized carbons (Fsp3) is 0.897. The second-order valence-corrected chi connectivity index (χ2v) is 14.0. The van der Waals surface area contributed by atoms with Gasteiger partial charge >= 0.3 is 5.97 Å². The predicted molar refractivity (Wildman–Crippen MR) is 147 cm³/mol. The summed E-state index contributed by atoms with van der Waals surface area (Å²) in [5.41, 5.74) is 0.760. The number of fused-ring (bicyclic) bond motifs is 5. The van der Waals surface area contributed by atoms with Gasteiger partial charge in [0, 0.05) is 50.0 Å². The monoisotopic (exact) mass is 748 g/mol. The average Bonchev–Trinajstić information content (AvgIpc) is 3.06. The molecule has 0 heterocycles. The molecule has 0 aromatic carbocycles. The van der Waals surface area contributed by atoms with Crippen LogP contribution >= 0.6 is 11.9 Å². The SMILES string of the molecule is [3H][B]SO[C@@H]1CC[C@@]2(C)C(CCC3(C)C2C(O)CC2C([C@H](CCC=C(C)C)C(=O)O)[C@@H](O)C[C@@]23C)C1C.[Ac]. The number of rotatable bonds is 8. The summed E-state index contributed by atoms with van der Waals surface area (Å²) in [6.45, 7) is 13.4. The summed E-state index contributed by atoms with van der Waals surface area (Å²) < 4.78 is 13.3. The molecule has 0 bridgehead atoms. The van der Waals surface area contributed by atoms with E-state index in [1.165, 1.54) is 12.7 Å². The van der Waals surface area contributed by atoms with Crippen molar-refractivity contribution in [2.75, 3.05) is 0 Å². The maximum atomic E-state index is 12.5. The van der Waals surface area contributed by atoms with Crippen molar-refractivity contribution in [2.24, 2.45) is 51.8 Å². The molecule has 4 aliphatic carbocycles. The summed E-state index contributed by atoms with van der Waals surface area (Å²) >= 11 is 1.12. The van der Waals surface area contributed by atoms with Gasteiger partial charge in [0.2, 0.25) is 7.09 Å². The molecule has 7 unspecified atom stereocenters. The van der Waals surface area contributed by atoms with E-state index in [-0.39, 0.29) is 84.2 Å². The van der Waals surface area contributed by atoms with E-state index in [1.807, 2.05) is 13.8 Å². The van der Waals surface area contributed by atoms with Gasteiger partial charge in [0.15, 0.2) is 0 Å². The third-order valence-electron chi connectivity index (χ3n) is 11.9. The molecule has 4 rings (SSSR count). The van der Waals surface area contributed by atoms with Crippen LogP contribution in [-0.4, -0.2) is 48.0 Å². The Kier molecular flexibility index (Phi) is 10.1. The normalized spacial score (nSPS) is 47.8. The van der Waals surface area contributed by atoms with Crippen LogP contribution in [0.3, 0.4) is 0 Å². The van der Waals surface area contributed by atoms with E-state index in [1.54, 1.807) is 0 Å². The molecule has 0 aromatic heterocycles. The van der Waals surface area contributed by atoms with Crippen LogP contribution in [-0.2, 0) is 8.98 Å². The molecule has 206 valence electrons. The van der Waals surface area contributed by atoms with Crippen molar-refractivity contribution < 1.29 is 68.4 Å². The summed E-state index contributed by atoms with van der Waals surface area (Å²) in [4.78, 5) is 12.5. The van der Waals surface area contributed by atoms with Gasteiger partial charge in [-0.15, -0.1) is 0 Å². The van der Waals surface area contributed by atoms with Crippen molar-refractivity contribution in [3.63, 3.8) is 0 Å². The maximum Gasteiger partial charge on any atom is 0.306 e. The molecule has 0 saturated heterocycles. The second-order valence-electron chi connectivity index (χ2n) is 13.7. The number of carboxylic acid groups (broad SMARTS) is 1. The zero-order valence-electron chi connectivity index (χ0n) is 24.7. The van der Waals surface area contributed by atoms with Crippen LogP contribution in [0.4, 0.5) is 0 Å². The van der Waals surface area contributed by atoms with Gasteiger partial charge in [-0.1, -0.05) is 51.2 Å². The Hall–Kier alpha value is 0.946. The number of aliphatic hydroxyl groups is 2. The standard InChI is InChI=1S/C29H48BO5S.Ac/c1-16(2)8-7-9-18(26(33)34)24-20-14-21(31)25-27(4)12-11-23(35-36-30)17(3)19(27)10-13-28(25,5)29(20,6)15-22(24)32;/h8,17-25,30-32H,7,9-15H2,1-6H3,(H,33,34);/t17?,18-,19?,20?,21?,22-,23+,24?,25?,27-,28?,29-;/m0./s1/i30T;. The van der Waals surface area contributed by atoms with E-state index in [0.717, 1.165) is 37.6 Å². The van der Waals surface area contributed by atoms with E-state index in [9.17, 15) is 20.1 Å². The average molecular weight is 749 g/mol. The van der Waals surface area contributed by atoms with Gasteiger partial charge in [-0.2, -0.15) is 0 Å². The van der Waals surface area contributed by atoms with Gasteiger partial charge in [-0.25, -0.2) is 0 Å². The molecule has 4 saturated carbocycles. The van der Waals surface area contributed by atoms with Crippen molar-refractivity contribution in [2.45, 2.75) is 111 Å². The smallest absolute Gasteiger partial charge is 0.306 e. The Bertz CT molecular complexity index is 891. The number of hydrogen-bond acceptors (Lipinski definition) is 5. The van der Waals surface area contributed by atoms with E-state index in [2.05, 4.69) is 33.8 Å². The van der Waals surface area contributed by atoms with Crippen LogP contribution in [0.15, 0.2) is 11.6 Å². The Morgan fingerprint density at radius 2 is 1.86 bits per heavy atom. The zero-order chi connectivity index (χ0) is 27.3. The Labute approximate surface area is 267 Å². The van der Waals surface area contributed by atoms with Gasteiger partial charge in [0.1, 0.15) is 0 Å². The topological polar surface area (TPSA) is 87.0 Å². The van der Waals surface area contributed by atoms with Crippen molar-refractivity contribution in [1.29, 1.82) is 1.34 Å². The number of hydrogen-bond donors (Lipinski definition) is 3. The van der Waals surface area contributed by atoms with Gasteiger partial charge < -0.3 is 19.5 Å². The van der Waals surface area contributed by atoms with E-state index < -0.39 is 24.1 Å². The molecule has 0 spiro atoms. The summed E-state index contributed by atoms with van der Waals surface area (Å²) in [7, 11) is 1.25. The van der Waals surface area contributed by atoms with Crippen LogP contribution in [0, 0.1) is 95.8 Å². The molecule has 12 atom stereocenters. The molecule has 8 heteroatoms. The van der Waals surface area contributed by atoms with E-state index in [4.69, 9.17) is 5.52 Å². The summed E-state index contributed by atoms with van der Waals surface area (Å²) in [5.74, 6) is -0.859. The Morgan fingerprint density at radius 1 is 1.16 bits per heavy atom. The molecule has 0 aromatic rings. The Balaban J connectivity index is 0.00000400. The van der Waals surface area contributed by atoms with Gasteiger partial charge in [-0.3, -0.25) is 4.79 Å². The van der Waals surface area contributed by atoms with Crippen molar-refractivity contribution in [3.8, 4) is 0 Å². The first kappa shape index (κ1) is 30.9. The second kappa shape index (κ2) is 12.0. The zero-order valence-corrected chi connectivity index (χ0v) is 29.2. The molecule has 5 nitrogen and oxygen atoms in total. The van der Waals surface area contributed by atoms with Crippen LogP contribution < -0.4 is 0 Å². The van der Waals surface area contributed by atoms with E-state index >= 15 is 0 Å². The summed E-state index contributed by atoms with van der Waals surface area (Å²) in [5, 5.41) is 33.6. The van der Waals surface area contributed by atoms with Crippen LogP contribution in [0.1, 0.15) is 92.9 Å². The summed E-state index contributed by atoms with van der Waals surface area (Å²) in [6.07, 6.45) is 7.40. The molecule has 3 N–H and O–H groups in total. The van der Waals surface area contributed by atoms with Gasteiger partial charge in [0.25, 0.3) is 0 Å². The van der Waals surface area contributed by atoms with Crippen LogP contribution in [0.25, 0.3) is 0 Å². The fourth-order valence-electron chi connectivity index (χ4n) is 10.3. The minimum atomic E-state index is -0.817. The molecule has 37 heavy (non-hydrogen) atoms. The maximum absolute atomic E-state index is 12.5. The minimum Gasteiger partial charge on any atom is -0.481 e. The number of carbonyl (C=O) groups is 1. The van der Waals surface area contributed by atoms with Crippen molar-refractivity contribution in [3.05, 3.63) is 11.6 Å². The van der Waals surface area contributed by atoms with E-state index in [0.29, 0.717) is 37.5 Å². The molecule has 0 aliphatic heterocycles. The Morgan fingerprint density at radius 3 is 2.49 bits per heavy atom. The summed E-state index contributed by atoms with van der Waals surface area (Å²) in [6, 6.07) is 0. The number of aliphatic carboxylic acids is 1. The predicted octanol–water partition coefficient (Wildman–Crippen LogP) is 5.52. The molecule has 4 aliphatic rings. The number of carboxylic acids is 1. The minimum absolute atomic E-state index is 0. The first-order valence-electron chi connectivity index (χ1n) is 14.6. The molecule has 0 amide bonds. The molecule has 4 fully saturated rings. The van der Waals surface area contributed by atoms with Crippen molar-refractivity contribution >= 4 is 25.0 Å². The third-order valence-corrected chi connectivity index (χ3v) is 12.3. The number of aliphatic hydroxyl groups excluding tert-OH is 2. The first-order valence-corrected chi connectivity index (χ1v) is 14.9. The fourth-order valence-corrected chi connectivity index (χ4v) is 10.7. The van der Waals surface area contributed by atoms with Gasteiger partial charge in [0.05, 0.1) is 24.2 Å². The largest absolute Gasteiger partial charge is 0.481 e. The van der Waals surface area contributed by atoms with Crippen LogP contribution in [0.2, 0.25) is 0 Å². The van der Waals surface area contributed by atoms with Crippen molar-refractivity contribution in [1.82, 2.24) is 0 Å². The molecule has 2 radical (unpaired) electrons. The quantitative estimate of drug-likeness (QED) is 0.172. The number of allylic oxidation sites excluding steroid dienone is 2. The molecular weight excluding hydrogens is 698 g/mol. The third kappa shape index (κ3) is 5.34. The van der Waals surface area contributed by atoms with Gasteiger partial charge in [-0.05, 0) is 106 Å². The molecular formula is C29H48AcBO5S.